The summed E-state index contributed by atoms with van der Waals surface area (Å²) in [5.41, 5.74) is 0.301. The predicted octanol–water partition coefficient (Wildman–Crippen LogP) is 1.17. The van der Waals surface area contributed by atoms with E-state index in [1.807, 2.05) is 0 Å². The number of aliphatic hydroxyl groups excluding tert-OH is 1. The quantitative estimate of drug-likeness (QED) is 0.343. The molecule has 0 aliphatic heterocycles. The van der Waals surface area contributed by atoms with Gasteiger partial charge in [0, 0.05) is 6.42 Å². The number of hydrogen-bond donors (Lipinski definition) is 6. The number of aryl methyl sites for hydroxylation is 1. The molecular formula is C15H18NO7P. The molecule has 1 aromatic rings. The molecule has 9 heteroatoms. The number of benzene rings is 1. The summed E-state index contributed by atoms with van der Waals surface area (Å²) in [5.74, 6) is -4.43. The lowest BCUT2D eigenvalue weighted by Gasteiger charge is -2.32. The molecule has 1 aliphatic rings. The minimum atomic E-state index is -4.81. The molecular weight excluding hydrogens is 337 g/mol. The molecule has 0 fully saturated rings. The number of allylic oxidation sites excluding steroid dienone is 3. The first-order chi connectivity index (χ1) is 11.1. The van der Waals surface area contributed by atoms with Crippen LogP contribution >= 0.6 is 7.75 Å². The molecule has 0 spiro atoms. The van der Waals surface area contributed by atoms with E-state index >= 15 is 0 Å². The second-order valence-corrected chi connectivity index (χ2v) is 6.70. The van der Waals surface area contributed by atoms with Crippen molar-refractivity contribution < 1.29 is 34.8 Å². The van der Waals surface area contributed by atoms with Gasteiger partial charge in [0.2, 0.25) is 0 Å². The van der Waals surface area contributed by atoms with Crippen LogP contribution in [0, 0.1) is 5.92 Å². The Bertz CT molecular complexity index is 748. The second kappa shape index (κ2) is 6.88. The van der Waals surface area contributed by atoms with Crippen molar-refractivity contribution in [3.05, 3.63) is 53.8 Å². The first kappa shape index (κ1) is 18.4. The maximum Gasteiger partial charge on any atom is 0.448 e. The highest BCUT2D eigenvalue weighted by atomic mass is 31.2. The molecule has 0 heterocycles. The summed E-state index contributed by atoms with van der Waals surface area (Å²) in [6.07, 6.45) is 3.58. The van der Waals surface area contributed by atoms with Gasteiger partial charge in [-0.25, -0.2) is 4.57 Å². The van der Waals surface area contributed by atoms with E-state index in [1.165, 1.54) is 30.4 Å². The van der Waals surface area contributed by atoms with Gasteiger partial charge in [0.15, 0.2) is 5.79 Å². The van der Waals surface area contributed by atoms with Crippen molar-refractivity contribution in [1.82, 2.24) is 0 Å². The van der Waals surface area contributed by atoms with Crippen LogP contribution in [-0.2, 0) is 11.0 Å². The normalized spacial score (nSPS) is 20.2. The van der Waals surface area contributed by atoms with Gasteiger partial charge in [-0.05, 0) is 36.3 Å². The van der Waals surface area contributed by atoms with Crippen LogP contribution in [0.1, 0.15) is 12.0 Å². The minimum Gasteiger partial charge on any atom is -0.511 e. The Kier molecular flexibility index (Phi) is 5.27. The van der Waals surface area contributed by atoms with Gasteiger partial charge in [-0.3, -0.25) is 0 Å². The molecule has 6 N–H and O–H groups in total. The largest absolute Gasteiger partial charge is 0.511 e. The summed E-state index contributed by atoms with van der Waals surface area (Å²) in [6.45, 7) is 0. The van der Waals surface area contributed by atoms with E-state index in [4.69, 9.17) is 9.79 Å². The number of aliphatic hydroxyl groups is 3. The van der Waals surface area contributed by atoms with Crippen LogP contribution in [0.2, 0.25) is 0 Å². The molecule has 1 atom stereocenters. The number of hydrogen-bond acceptors (Lipinski definition) is 5. The van der Waals surface area contributed by atoms with Gasteiger partial charge in [-0.15, -0.1) is 0 Å². The van der Waals surface area contributed by atoms with Gasteiger partial charge >= 0.3 is 7.75 Å². The zero-order chi connectivity index (χ0) is 18.0. The van der Waals surface area contributed by atoms with Gasteiger partial charge < -0.3 is 30.2 Å². The second-order valence-electron chi connectivity index (χ2n) is 5.47. The summed E-state index contributed by atoms with van der Waals surface area (Å²) >= 11 is 0. The molecule has 2 rings (SSSR count). The van der Waals surface area contributed by atoms with E-state index in [0.717, 1.165) is 0 Å². The highest BCUT2D eigenvalue weighted by molar-refractivity contribution is 7.50. The summed E-state index contributed by atoms with van der Waals surface area (Å²) < 4.78 is 14.2. The maximum absolute atomic E-state index is 11.1. The average molecular weight is 355 g/mol. The summed E-state index contributed by atoms with van der Waals surface area (Å²) in [5, 5.41) is 40.0. The molecule has 0 amide bonds. The smallest absolute Gasteiger partial charge is 0.448 e. The Labute approximate surface area is 138 Å². The summed E-state index contributed by atoms with van der Waals surface area (Å²) in [7, 11) is -4.81. The number of phenolic OH excluding ortho intramolecular Hbond substituents is 1. The molecule has 130 valence electrons. The van der Waals surface area contributed by atoms with Crippen molar-refractivity contribution in [3.63, 3.8) is 0 Å². The van der Waals surface area contributed by atoms with Crippen LogP contribution in [0.15, 0.2) is 53.0 Å². The van der Waals surface area contributed by atoms with E-state index in [9.17, 15) is 25.0 Å². The first-order valence-electron chi connectivity index (χ1n) is 7.04. The third kappa shape index (κ3) is 4.77. The lowest BCUT2D eigenvalue weighted by molar-refractivity contribution is -0.185. The van der Waals surface area contributed by atoms with E-state index in [1.54, 1.807) is 12.1 Å². The van der Waals surface area contributed by atoms with Crippen LogP contribution < -0.4 is 0 Å². The SMILES string of the molecule is O=P(O)(O)/N=C1\C=CC=C(O)C1C(O)(O)CCc1cccc(O)c1. The van der Waals surface area contributed by atoms with Crippen LogP contribution in [0.25, 0.3) is 0 Å². The molecule has 0 saturated carbocycles. The monoisotopic (exact) mass is 355 g/mol. The van der Waals surface area contributed by atoms with Crippen LogP contribution in [0.4, 0.5) is 0 Å². The van der Waals surface area contributed by atoms with Crippen molar-refractivity contribution in [1.29, 1.82) is 0 Å². The molecule has 8 nitrogen and oxygen atoms in total. The average Bonchev–Trinajstić information content (AvgIpc) is 2.43. The maximum atomic E-state index is 11.1. The summed E-state index contributed by atoms with van der Waals surface area (Å²) in [6, 6.07) is 6.20. The number of nitrogens with zero attached hydrogens (tertiary/aromatic N) is 1. The lowest BCUT2D eigenvalue weighted by Crippen LogP contribution is -2.44. The van der Waals surface area contributed by atoms with Crippen molar-refractivity contribution in [2.24, 2.45) is 10.7 Å². The standard InChI is InChI=1S/C15H18NO7P/c17-11-4-1-3-10(9-11)7-8-15(19,20)14-12(16-24(21,22)23)5-2-6-13(14)18/h1-6,9,14,17-20H,7-8H2,(H2,21,22,23)/b16-12+. The van der Waals surface area contributed by atoms with Gasteiger partial charge in [-0.1, -0.05) is 18.2 Å². The van der Waals surface area contributed by atoms with Crippen LogP contribution in [0.3, 0.4) is 0 Å². The van der Waals surface area contributed by atoms with E-state index in [-0.39, 0.29) is 24.3 Å². The molecule has 0 saturated heterocycles. The zero-order valence-electron chi connectivity index (χ0n) is 12.5. The number of rotatable bonds is 5. The van der Waals surface area contributed by atoms with Crippen molar-refractivity contribution in [2.45, 2.75) is 18.6 Å². The Balaban J connectivity index is 2.24. The fourth-order valence-electron chi connectivity index (χ4n) is 2.49. The fraction of sp³-hybridized carbons (Fsp3) is 0.267. The van der Waals surface area contributed by atoms with Gasteiger partial charge in [0.25, 0.3) is 0 Å². The van der Waals surface area contributed by atoms with Gasteiger partial charge in [-0.2, -0.15) is 4.76 Å². The third-order valence-corrected chi connectivity index (χ3v) is 4.02. The van der Waals surface area contributed by atoms with Gasteiger partial charge in [0.05, 0.1) is 5.71 Å². The molecule has 1 aliphatic carbocycles. The van der Waals surface area contributed by atoms with Crippen molar-refractivity contribution in [2.75, 3.05) is 0 Å². The number of aromatic hydroxyl groups is 1. The number of phenols is 1. The molecule has 1 unspecified atom stereocenters. The van der Waals surface area contributed by atoms with Crippen molar-refractivity contribution >= 4 is 13.5 Å². The Morgan fingerprint density at radius 3 is 2.54 bits per heavy atom. The first-order valence-corrected chi connectivity index (χ1v) is 8.60. The molecule has 0 aromatic heterocycles. The Hall–Kier alpha value is -1.96. The fourth-order valence-corrected chi connectivity index (χ4v) is 2.97. The molecule has 0 bridgehead atoms. The van der Waals surface area contributed by atoms with E-state index < -0.39 is 25.2 Å². The highest BCUT2D eigenvalue weighted by Crippen LogP contribution is 2.40. The topological polar surface area (TPSA) is 151 Å². The molecule has 24 heavy (non-hydrogen) atoms. The van der Waals surface area contributed by atoms with E-state index in [2.05, 4.69) is 4.76 Å². The lowest BCUT2D eigenvalue weighted by atomic mass is 9.85. The summed E-state index contributed by atoms with van der Waals surface area (Å²) in [4.78, 5) is 18.0. The van der Waals surface area contributed by atoms with Crippen LogP contribution in [0.5, 0.6) is 5.75 Å². The zero-order valence-corrected chi connectivity index (χ0v) is 13.4. The molecule has 1 aromatic carbocycles. The Morgan fingerprint density at radius 1 is 1.21 bits per heavy atom. The van der Waals surface area contributed by atoms with Crippen LogP contribution in [-0.4, -0.2) is 41.7 Å². The Morgan fingerprint density at radius 2 is 1.92 bits per heavy atom. The van der Waals surface area contributed by atoms with E-state index in [0.29, 0.717) is 5.56 Å². The highest BCUT2D eigenvalue weighted by Gasteiger charge is 2.41. The minimum absolute atomic E-state index is 0.0288. The molecule has 0 radical (unpaired) electrons. The van der Waals surface area contributed by atoms with Crippen molar-refractivity contribution in [3.8, 4) is 5.75 Å². The predicted molar refractivity (Wildman–Crippen MR) is 86.4 cm³/mol. The third-order valence-electron chi connectivity index (χ3n) is 3.53. The van der Waals surface area contributed by atoms with Gasteiger partial charge in [0.1, 0.15) is 17.4 Å².